The molecule has 2 atom stereocenters. The summed E-state index contributed by atoms with van der Waals surface area (Å²) in [6, 6.07) is 17.6. The Morgan fingerprint density at radius 2 is 1.91 bits per heavy atom. The van der Waals surface area contributed by atoms with Crippen molar-refractivity contribution in [3.05, 3.63) is 99.8 Å². The molecule has 33 heavy (non-hydrogen) atoms. The number of aliphatic hydroxyl groups is 1. The zero-order valence-electron chi connectivity index (χ0n) is 17.9. The lowest BCUT2D eigenvalue weighted by molar-refractivity contribution is 0.0518. The van der Waals surface area contributed by atoms with Crippen molar-refractivity contribution in [1.82, 2.24) is 4.98 Å². The molecule has 1 amide bonds. The van der Waals surface area contributed by atoms with E-state index in [1.807, 2.05) is 18.2 Å². The van der Waals surface area contributed by atoms with Crippen LogP contribution in [-0.4, -0.2) is 27.4 Å². The Kier molecular flexibility index (Phi) is 6.60. The van der Waals surface area contributed by atoms with Crippen molar-refractivity contribution in [2.75, 3.05) is 0 Å². The minimum Gasteiger partial charge on any atom is -0.378 e. The first-order valence-corrected chi connectivity index (χ1v) is 11.1. The third-order valence-corrected chi connectivity index (χ3v) is 6.15. The lowest BCUT2D eigenvalue weighted by Gasteiger charge is -2.34. The van der Waals surface area contributed by atoms with E-state index in [4.69, 9.17) is 17.3 Å². The average Bonchev–Trinajstić information content (AvgIpc) is 2.82. The van der Waals surface area contributed by atoms with Gasteiger partial charge < -0.3 is 10.8 Å². The highest BCUT2D eigenvalue weighted by Gasteiger charge is 2.36. The van der Waals surface area contributed by atoms with Gasteiger partial charge in [-0.3, -0.25) is 14.6 Å². The fourth-order valence-corrected chi connectivity index (χ4v) is 4.55. The topological polar surface area (TPSA) is 93.3 Å². The van der Waals surface area contributed by atoms with Crippen molar-refractivity contribution in [2.45, 2.75) is 37.2 Å². The predicted octanol–water partition coefficient (Wildman–Crippen LogP) is 4.51. The number of ketones is 1. The Morgan fingerprint density at radius 3 is 2.64 bits per heavy atom. The zero-order valence-corrected chi connectivity index (χ0v) is 18.7. The van der Waals surface area contributed by atoms with E-state index in [1.165, 1.54) is 6.20 Å². The predicted molar refractivity (Wildman–Crippen MR) is 127 cm³/mol. The maximum absolute atomic E-state index is 13.4. The molecule has 0 saturated heterocycles. The number of aromatic nitrogens is 1. The Bertz CT molecular complexity index is 1260. The Labute approximate surface area is 197 Å². The van der Waals surface area contributed by atoms with Crippen LogP contribution in [-0.2, 0) is 0 Å². The van der Waals surface area contributed by atoms with Gasteiger partial charge in [0.1, 0.15) is 11.3 Å². The molecular weight excluding hydrogens is 436 g/mol. The van der Waals surface area contributed by atoms with Crippen LogP contribution in [0.4, 0.5) is 0 Å². The number of pyridine rings is 1. The largest absolute Gasteiger partial charge is 0.378 e. The summed E-state index contributed by atoms with van der Waals surface area (Å²) in [7, 11) is 0. The van der Waals surface area contributed by atoms with Crippen molar-refractivity contribution < 1.29 is 14.7 Å². The van der Waals surface area contributed by atoms with Gasteiger partial charge in [0.2, 0.25) is 0 Å². The van der Waals surface area contributed by atoms with Crippen molar-refractivity contribution in [3.8, 4) is 11.8 Å². The Balaban J connectivity index is 1.71. The van der Waals surface area contributed by atoms with E-state index in [0.29, 0.717) is 29.0 Å². The molecule has 1 fully saturated rings. The molecule has 166 valence electrons. The molecule has 3 aromatic rings. The van der Waals surface area contributed by atoms with Gasteiger partial charge in [-0.2, -0.15) is 0 Å². The minimum absolute atomic E-state index is 0.0551. The third kappa shape index (κ3) is 5.14. The molecule has 1 heterocycles. The molecule has 0 aliphatic heterocycles. The maximum atomic E-state index is 13.4. The molecule has 5 nitrogen and oxygen atoms in total. The van der Waals surface area contributed by atoms with Crippen molar-refractivity contribution in [1.29, 1.82) is 0 Å². The first-order valence-electron chi connectivity index (χ1n) is 10.8. The summed E-state index contributed by atoms with van der Waals surface area (Å²) in [5, 5.41) is 11.8. The molecule has 1 aromatic heterocycles. The number of nitrogens with zero attached hydrogens (tertiary/aromatic N) is 1. The number of carbonyl (C=O) groups excluding carboxylic acids is 2. The van der Waals surface area contributed by atoms with Crippen LogP contribution >= 0.6 is 11.6 Å². The summed E-state index contributed by atoms with van der Waals surface area (Å²) in [4.78, 5) is 29.6. The molecule has 0 radical (unpaired) electrons. The van der Waals surface area contributed by atoms with Crippen molar-refractivity contribution >= 4 is 23.3 Å². The summed E-state index contributed by atoms with van der Waals surface area (Å²) < 4.78 is 0. The van der Waals surface area contributed by atoms with Gasteiger partial charge in [-0.05, 0) is 61.4 Å². The van der Waals surface area contributed by atoms with E-state index in [9.17, 15) is 14.7 Å². The number of amides is 1. The van der Waals surface area contributed by atoms with E-state index in [2.05, 4.69) is 16.8 Å². The smallest absolute Gasteiger partial charge is 0.268 e. The van der Waals surface area contributed by atoms with Gasteiger partial charge in [-0.25, -0.2) is 0 Å². The Hall–Kier alpha value is -3.46. The Morgan fingerprint density at radius 1 is 1.12 bits per heavy atom. The molecule has 0 bridgehead atoms. The zero-order chi connectivity index (χ0) is 23.4. The molecule has 0 unspecified atom stereocenters. The maximum Gasteiger partial charge on any atom is 0.268 e. The van der Waals surface area contributed by atoms with E-state index in [1.54, 1.807) is 42.5 Å². The number of halogens is 1. The molecule has 4 rings (SSSR count). The molecule has 6 heteroatoms. The molecule has 0 spiro atoms. The van der Waals surface area contributed by atoms with Gasteiger partial charge in [-0.15, -0.1) is 0 Å². The fourth-order valence-electron chi connectivity index (χ4n) is 4.36. The molecule has 3 N–H and O–H groups in total. The summed E-state index contributed by atoms with van der Waals surface area (Å²) in [6.07, 6.45) is 3.81. The molecule has 2 aromatic carbocycles. The van der Waals surface area contributed by atoms with Crippen LogP contribution < -0.4 is 5.73 Å². The van der Waals surface area contributed by atoms with Gasteiger partial charge in [-0.1, -0.05) is 59.8 Å². The number of nitrogens with two attached hydrogens (primary N) is 1. The second-order valence-corrected chi connectivity index (χ2v) is 8.70. The fraction of sp³-hybridized carbons (Fsp3) is 0.222. The van der Waals surface area contributed by atoms with Crippen LogP contribution in [0, 0.1) is 11.8 Å². The second-order valence-electron chi connectivity index (χ2n) is 8.27. The van der Waals surface area contributed by atoms with Crippen molar-refractivity contribution in [3.63, 3.8) is 0 Å². The number of rotatable bonds is 4. The van der Waals surface area contributed by atoms with Crippen LogP contribution in [0.3, 0.4) is 0 Å². The number of carbonyl (C=O) groups is 2. The highest BCUT2D eigenvalue weighted by Crippen LogP contribution is 2.40. The van der Waals surface area contributed by atoms with Gasteiger partial charge in [0, 0.05) is 22.3 Å². The SMILES string of the molecule is NC(=O)c1nccc([C@H]2CCC[C@@](O)(C#Cc3cccc(Cl)c3)C2)c1C(=O)c1ccccc1. The number of primary amides is 1. The monoisotopic (exact) mass is 458 g/mol. The van der Waals surface area contributed by atoms with Crippen LogP contribution in [0.1, 0.15) is 69.1 Å². The highest BCUT2D eigenvalue weighted by atomic mass is 35.5. The van der Waals surface area contributed by atoms with Gasteiger partial charge in [0.15, 0.2) is 5.78 Å². The summed E-state index contributed by atoms with van der Waals surface area (Å²) in [5.41, 5.74) is 6.32. The summed E-state index contributed by atoms with van der Waals surface area (Å²) in [5.74, 6) is 4.78. The lowest BCUT2D eigenvalue weighted by Crippen LogP contribution is -2.34. The highest BCUT2D eigenvalue weighted by molar-refractivity contribution is 6.30. The van der Waals surface area contributed by atoms with Gasteiger partial charge in [0.25, 0.3) is 5.91 Å². The molecule has 1 saturated carbocycles. The first kappa shape index (κ1) is 22.7. The number of benzene rings is 2. The van der Waals surface area contributed by atoms with E-state index in [-0.39, 0.29) is 23.0 Å². The summed E-state index contributed by atoms with van der Waals surface area (Å²) >= 11 is 6.04. The van der Waals surface area contributed by atoms with Crippen LogP contribution in [0.2, 0.25) is 5.02 Å². The summed E-state index contributed by atoms with van der Waals surface area (Å²) in [6.45, 7) is 0. The first-order chi connectivity index (χ1) is 15.9. The minimum atomic E-state index is -1.23. The number of hydrogen-bond donors (Lipinski definition) is 2. The second kappa shape index (κ2) is 9.58. The molecule has 1 aliphatic rings. The van der Waals surface area contributed by atoms with Crippen LogP contribution in [0.5, 0.6) is 0 Å². The average molecular weight is 459 g/mol. The third-order valence-electron chi connectivity index (χ3n) is 5.91. The van der Waals surface area contributed by atoms with Crippen molar-refractivity contribution in [2.24, 2.45) is 5.73 Å². The standard InChI is InChI=1S/C27H23ClN2O3/c28-21-10-4-6-18(16-21)11-14-27(33)13-5-9-20(17-27)22-12-15-30-24(26(29)32)23(22)25(31)19-7-2-1-3-8-19/h1-4,6-8,10,12,15-16,20,33H,5,9,13,17H2,(H2,29,32)/t20-,27+/m0/s1. The molecule has 1 aliphatic carbocycles. The van der Waals surface area contributed by atoms with E-state index >= 15 is 0 Å². The van der Waals surface area contributed by atoms with Gasteiger partial charge in [0.05, 0.1) is 5.56 Å². The molecular formula is C27H23ClN2O3. The normalized spacial score (nSPS) is 19.9. The lowest BCUT2D eigenvalue weighted by atomic mass is 9.73. The van der Waals surface area contributed by atoms with E-state index < -0.39 is 11.5 Å². The number of hydrogen-bond acceptors (Lipinski definition) is 4. The van der Waals surface area contributed by atoms with E-state index in [0.717, 1.165) is 18.4 Å². The van der Waals surface area contributed by atoms with Crippen LogP contribution in [0.15, 0.2) is 66.9 Å². The van der Waals surface area contributed by atoms with Crippen LogP contribution in [0.25, 0.3) is 0 Å². The quantitative estimate of drug-likeness (QED) is 0.444. The van der Waals surface area contributed by atoms with Gasteiger partial charge >= 0.3 is 0 Å².